The Morgan fingerprint density at radius 1 is 1.53 bits per heavy atom. The lowest BCUT2D eigenvalue weighted by molar-refractivity contribution is -0.125. The molecule has 0 fully saturated rings. The van der Waals surface area contributed by atoms with E-state index in [4.69, 9.17) is 17.3 Å². The summed E-state index contributed by atoms with van der Waals surface area (Å²) in [7, 11) is 0. The predicted molar refractivity (Wildman–Crippen MR) is 66.5 cm³/mol. The Hall–Kier alpha value is -1.13. The van der Waals surface area contributed by atoms with E-state index in [1.165, 1.54) is 18.2 Å². The van der Waals surface area contributed by atoms with Crippen LogP contribution in [0.1, 0.15) is 19.4 Å². The van der Waals surface area contributed by atoms with Gasteiger partial charge in [-0.25, -0.2) is 4.39 Å². The third kappa shape index (κ3) is 3.17. The molecule has 0 aromatic heterocycles. The predicted octanol–water partition coefficient (Wildman–Crippen LogP) is 1.83. The van der Waals surface area contributed by atoms with Gasteiger partial charge in [0.25, 0.3) is 0 Å². The van der Waals surface area contributed by atoms with Gasteiger partial charge in [-0.1, -0.05) is 11.6 Å². The van der Waals surface area contributed by atoms with Gasteiger partial charge in [0.15, 0.2) is 0 Å². The van der Waals surface area contributed by atoms with Gasteiger partial charge in [0.1, 0.15) is 5.82 Å². The second-order valence-corrected chi connectivity index (χ2v) is 4.73. The molecule has 0 aliphatic rings. The quantitative estimate of drug-likeness (QED) is 0.866. The Morgan fingerprint density at radius 3 is 2.76 bits per heavy atom. The van der Waals surface area contributed by atoms with Crippen molar-refractivity contribution in [2.24, 2.45) is 5.73 Å². The number of hydrogen-bond donors (Lipinski definition) is 2. The third-order valence-corrected chi connectivity index (χ3v) is 2.83. The number of nitrogens with two attached hydrogens (primary N) is 1. The lowest BCUT2D eigenvalue weighted by Gasteiger charge is -2.24. The van der Waals surface area contributed by atoms with Gasteiger partial charge < -0.3 is 11.1 Å². The van der Waals surface area contributed by atoms with E-state index < -0.39 is 11.2 Å². The molecule has 0 unspecified atom stereocenters. The first kappa shape index (κ1) is 13.9. The van der Waals surface area contributed by atoms with E-state index in [1.807, 2.05) is 0 Å². The summed E-state index contributed by atoms with van der Waals surface area (Å²) in [5.74, 6) is -0.716. The van der Waals surface area contributed by atoms with E-state index in [2.05, 4.69) is 5.32 Å². The topological polar surface area (TPSA) is 55.1 Å². The largest absolute Gasteiger partial charge is 0.354 e. The van der Waals surface area contributed by atoms with Gasteiger partial charge in [-0.3, -0.25) is 4.79 Å². The summed E-state index contributed by atoms with van der Waals surface area (Å²) in [4.78, 5) is 11.9. The summed E-state index contributed by atoms with van der Waals surface area (Å²) in [5.41, 5.74) is 4.60. The molecule has 0 saturated heterocycles. The molecular formula is C12H16ClFN2O. The number of carbonyl (C=O) groups excluding carboxylic acids is 1. The van der Waals surface area contributed by atoms with Gasteiger partial charge in [-0.15, -0.1) is 0 Å². The fourth-order valence-electron chi connectivity index (χ4n) is 1.51. The zero-order valence-electron chi connectivity index (χ0n) is 9.89. The molecule has 0 radical (unpaired) electrons. The van der Waals surface area contributed by atoms with Gasteiger partial charge in [0.05, 0.1) is 5.41 Å². The maximum Gasteiger partial charge on any atom is 0.230 e. The lowest BCUT2D eigenvalue weighted by Crippen LogP contribution is -2.42. The minimum absolute atomic E-state index is 0.274. The van der Waals surface area contributed by atoms with Gasteiger partial charge in [0.2, 0.25) is 5.91 Å². The van der Waals surface area contributed by atoms with E-state index in [0.717, 1.165) is 0 Å². The third-order valence-electron chi connectivity index (χ3n) is 2.60. The standard InChI is InChI=1S/C12H16ClFN2O/c1-12(2,11(17)16-6-5-15)9-7-8(13)3-4-10(9)14/h3-4,7H,5-6,15H2,1-2H3,(H,16,17). The van der Waals surface area contributed by atoms with E-state index in [-0.39, 0.29) is 11.5 Å². The Kier molecular flexibility index (Phi) is 4.48. The minimum Gasteiger partial charge on any atom is -0.354 e. The zero-order valence-corrected chi connectivity index (χ0v) is 10.6. The molecule has 1 aromatic rings. The first-order valence-corrected chi connectivity index (χ1v) is 5.71. The SMILES string of the molecule is CC(C)(C(=O)NCCN)c1cc(Cl)ccc1F. The second kappa shape index (κ2) is 5.47. The average molecular weight is 259 g/mol. The van der Waals surface area contributed by atoms with Crippen LogP contribution in [0.2, 0.25) is 5.02 Å². The van der Waals surface area contributed by atoms with Crippen molar-refractivity contribution in [1.82, 2.24) is 5.32 Å². The van der Waals surface area contributed by atoms with Crippen LogP contribution in [0.3, 0.4) is 0 Å². The minimum atomic E-state index is -0.982. The van der Waals surface area contributed by atoms with Crippen LogP contribution in [0.4, 0.5) is 4.39 Å². The summed E-state index contributed by atoms with van der Waals surface area (Å²) < 4.78 is 13.7. The van der Waals surface area contributed by atoms with Gasteiger partial charge in [-0.05, 0) is 32.0 Å². The van der Waals surface area contributed by atoms with Crippen molar-refractivity contribution in [2.75, 3.05) is 13.1 Å². The van der Waals surface area contributed by atoms with Crippen molar-refractivity contribution >= 4 is 17.5 Å². The van der Waals surface area contributed by atoms with Crippen LogP contribution >= 0.6 is 11.6 Å². The van der Waals surface area contributed by atoms with Crippen molar-refractivity contribution in [1.29, 1.82) is 0 Å². The fraction of sp³-hybridized carbons (Fsp3) is 0.417. The lowest BCUT2D eigenvalue weighted by atomic mass is 9.83. The van der Waals surface area contributed by atoms with Gasteiger partial charge in [0, 0.05) is 23.7 Å². The van der Waals surface area contributed by atoms with Crippen molar-refractivity contribution in [3.05, 3.63) is 34.6 Å². The second-order valence-electron chi connectivity index (χ2n) is 4.29. The molecule has 1 aromatic carbocycles. The normalized spacial score (nSPS) is 11.4. The fourth-order valence-corrected chi connectivity index (χ4v) is 1.68. The zero-order chi connectivity index (χ0) is 13.1. The Bertz CT molecular complexity index is 421. The highest BCUT2D eigenvalue weighted by molar-refractivity contribution is 6.30. The first-order chi connectivity index (χ1) is 7.89. The highest BCUT2D eigenvalue weighted by Crippen LogP contribution is 2.28. The summed E-state index contributed by atoms with van der Waals surface area (Å²) >= 11 is 5.81. The van der Waals surface area contributed by atoms with Crippen molar-refractivity contribution in [3.63, 3.8) is 0 Å². The van der Waals surface area contributed by atoms with E-state index in [1.54, 1.807) is 13.8 Å². The Morgan fingerprint density at radius 2 is 2.18 bits per heavy atom. The molecular weight excluding hydrogens is 243 g/mol. The maximum atomic E-state index is 13.7. The van der Waals surface area contributed by atoms with Crippen LogP contribution in [-0.2, 0) is 10.2 Å². The number of nitrogens with one attached hydrogen (secondary N) is 1. The average Bonchev–Trinajstić information content (AvgIpc) is 2.28. The van der Waals surface area contributed by atoms with Gasteiger partial charge >= 0.3 is 0 Å². The monoisotopic (exact) mass is 258 g/mol. The Balaban J connectivity index is 3.03. The molecule has 0 saturated carbocycles. The van der Waals surface area contributed by atoms with Crippen LogP contribution in [0.25, 0.3) is 0 Å². The van der Waals surface area contributed by atoms with E-state index >= 15 is 0 Å². The molecule has 3 nitrogen and oxygen atoms in total. The Labute approximate surface area is 105 Å². The molecule has 1 rings (SSSR count). The number of carbonyl (C=O) groups is 1. The molecule has 17 heavy (non-hydrogen) atoms. The molecule has 0 atom stereocenters. The number of hydrogen-bond acceptors (Lipinski definition) is 2. The van der Waals surface area contributed by atoms with E-state index in [9.17, 15) is 9.18 Å². The van der Waals surface area contributed by atoms with Crippen LogP contribution < -0.4 is 11.1 Å². The molecule has 0 aliphatic heterocycles. The molecule has 1 amide bonds. The van der Waals surface area contributed by atoms with Gasteiger partial charge in [-0.2, -0.15) is 0 Å². The molecule has 0 spiro atoms. The maximum absolute atomic E-state index is 13.7. The van der Waals surface area contributed by atoms with Crippen LogP contribution in [-0.4, -0.2) is 19.0 Å². The van der Waals surface area contributed by atoms with Crippen molar-refractivity contribution in [2.45, 2.75) is 19.3 Å². The summed E-state index contributed by atoms with van der Waals surface area (Å²) in [6, 6.07) is 4.18. The number of benzene rings is 1. The molecule has 0 aliphatic carbocycles. The van der Waals surface area contributed by atoms with Crippen LogP contribution in [0.15, 0.2) is 18.2 Å². The van der Waals surface area contributed by atoms with Crippen molar-refractivity contribution < 1.29 is 9.18 Å². The highest BCUT2D eigenvalue weighted by Gasteiger charge is 2.32. The molecule has 5 heteroatoms. The number of halogens is 2. The number of amides is 1. The molecule has 3 N–H and O–H groups in total. The molecule has 0 bridgehead atoms. The summed E-state index contributed by atoms with van der Waals surface area (Å²) in [5, 5.41) is 3.05. The summed E-state index contributed by atoms with van der Waals surface area (Å²) in [6.45, 7) is 4.01. The van der Waals surface area contributed by atoms with Crippen molar-refractivity contribution in [3.8, 4) is 0 Å². The first-order valence-electron chi connectivity index (χ1n) is 5.33. The molecule has 94 valence electrons. The van der Waals surface area contributed by atoms with Crippen LogP contribution in [0, 0.1) is 5.82 Å². The number of rotatable bonds is 4. The smallest absolute Gasteiger partial charge is 0.230 e. The molecule has 0 heterocycles. The van der Waals surface area contributed by atoms with E-state index in [0.29, 0.717) is 18.1 Å². The highest BCUT2D eigenvalue weighted by atomic mass is 35.5. The van der Waals surface area contributed by atoms with Crippen LogP contribution in [0.5, 0.6) is 0 Å². The summed E-state index contributed by atoms with van der Waals surface area (Å²) in [6.07, 6.45) is 0.